The lowest BCUT2D eigenvalue weighted by Crippen LogP contribution is -2.68. The van der Waals surface area contributed by atoms with Gasteiger partial charge < -0.3 is 19.9 Å². The number of β-lactam (4-membered cyclic amide) rings is 1. The average Bonchev–Trinajstić information content (AvgIpc) is 2.84. The minimum atomic E-state index is -1.33. The molecule has 0 saturated carbocycles. The molecule has 198 valence electrons. The molecule has 4 amide bonds. The van der Waals surface area contributed by atoms with E-state index in [9.17, 15) is 33.9 Å². The van der Waals surface area contributed by atoms with E-state index in [1.807, 2.05) is 0 Å². The Labute approximate surface area is 208 Å². The van der Waals surface area contributed by atoms with E-state index >= 15 is 0 Å². The Balaban J connectivity index is 3.25. The van der Waals surface area contributed by atoms with E-state index in [1.165, 1.54) is 25.2 Å². The van der Waals surface area contributed by atoms with E-state index in [4.69, 9.17) is 9.57 Å². The third kappa shape index (κ3) is 7.93. The summed E-state index contributed by atoms with van der Waals surface area (Å²) in [5, 5.41) is 13.2. The van der Waals surface area contributed by atoms with Gasteiger partial charge in [-0.15, -0.1) is 13.2 Å². The summed E-state index contributed by atoms with van der Waals surface area (Å²) in [6.45, 7) is 10.8. The summed E-state index contributed by atoms with van der Waals surface area (Å²) in [7, 11) is 0. The molecule has 1 fully saturated rings. The number of carbonyl (C=O) groups excluding carboxylic acids is 6. The molecule has 0 aromatic heterocycles. The Kier molecular flexibility index (Phi) is 12.9. The van der Waals surface area contributed by atoms with Gasteiger partial charge in [-0.05, 0) is 6.92 Å². The molecule has 13 heteroatoms. The highest BCUT2D eigenvalue weighted by molar-refractivity contribution is 6.36. The molecule has 1 aliphatic heterocycles. The number of likely N-dealkylation sites (tertiary alicyclic amines) is 1. The summed E-state index contributed by atoms with van der Waals surface area (Å²) >= 11 is 0. The van der Waals surface area contributed by atoms with Gasteiger partial charge >= 0.3 is 11.9 Å². The van der Waals surface area contributed by atoms with Gasteiger partial charge in [-0.2, -0.15) is 0 Å². The molecular formula is C23H31N3O10. The summed E-state index contributed by atoms with van der Waals surface area (Å²) in [5.41, 5.74) is 0. The van der Waals surface area contributed by atoms with E-state index in [0.29, 0.717) is 17.7 Å². The summed E-state index contributed by atoms with van der Waals surface area (Å²) in [4.78, 5) is 78.8. The molecule has 0 bridgehead atoms. The number of carbonyl (C=O) groups is 6. The minimum absolute atomic E-state index is 0.0602. The van der Waals surface area contributed by atoms with Crippen LogP contribution >= 0.6 is 0 Å². The molecule has 5 atom stereocenters. The number of aliphatic hydroxyl groups excluding tert-OH is 1. The van der Waals surface area contributed by atoms with Crippen molar-refractivity contribution >= 4 is 36.4 Å². The molecule has 1 saturated heterocycles. The number of nitrogens with zero attached hydrogens (tertiary/aromatic N) is 2. The molecule has 13 nitrogen and oxygen atoms in total. The van der Waals surface area contributed by atoms with Crippen molar-refractivity contribution in [2.75, 3.05) is 26.4 Å². The fourth-order valence-corrected chi connectivity index (χ4v) is 3.57. The highest BCUT2D eigenvalue weighted by Crippen LogP contribution is 2.33. The number of imide groups is 1. The van der Waals surface area contributed by atoms with Gasteiger partial charge in [0.25, 0.3) is 0 Å². The summed E-state index contributed by atoms with van der Waals surface area (Å²) in [6.07, 6.45) is 1.56. The Morgan fingerprint density at radius 1 is 1.14 bits per heavy atom. The Morgan fingerprint density at radius 2 is 1.78 bits per heavy atom. The van der Waals surface area contributed by atoms with Crippen molar-refractivity contribution in [2.45, 2.75) is 31.7 Å². The lowest BCUT2D eigenvalue weighted by atomic mass is 9.78. The topological polar surface area (TPSA) is 169 Å². The van der Waals surface area contributed by atoms with Crippen molar-refractivity contribution < 1.29 is 48.2 Å². The monoisotopic (exact) mass is 509 g/mol. The molecule has 0 radical (unpaired) electrons. The molecule has 0 aromatic rings. The van der Waals surface area contributed by atoms with Crippen molar-refractivity contribution in [1.82, 2.24) is 15.3 Å². The van der Waals surface area contributed by atoms with Gasteiger partial charge in [0.2, 0.25) is 18.7 Å². The normalized spacial score (nSPS) is 19.1. The van der Waals surface area contributed by atoms with Crippen molar-refractivity contribution in [3.63, 3.8) is 0 Å². The molecule has 1 heterocycles. The SMILES string of the molecule is C=CCOC(=O)C(=O)N1C(=O)[C@H]([C@@H](C)O)[C@H]1CC(=O)C(CN(C=O)OCC=C)C(NC=O)OCC=C. The summed E-state index contributed by atoms with van der Waals surface area (Å²) in [5.74, 6) is -6.54. The second-order valence-electron chi connectivity index (χ2n) is 7.63. The molecule has 0 aliphatic carbocycles. The Bertz CT molecular complexity index is 859. The maximum Gasteiger partial charge on any atom is 0.397 e. The van der Waals surface area contributed by atoms with E-state index in [0.717, 1.165) is 5.06 Å². The predicted octanol–water partition coefficient (Wildman–Crippen LogP) is -1.12. The third-order valence-corrected chi connectivity index (χ3v) is 5.18. The maximum absolute atomic E-state index is 13.4. The largest absolute Gasteiger partial charge is 0.454 e. The average molecular weight is 510 g/mol. The number of ketones is 1. The number of aliphatic hydroxyl groups is 1. The zero-order valence-corrected chi connectivity index (χ0v) is 19.9. The highest BCUT2D eigenvalue weighted by Gasteiger charge is 2.55. The lowest BCUT2D eigenvalue weighted by Gasteiger charge is -2.46. The van der Waals surface area contributed by atoms with E-state index in [-0.39, 0.29) is 26.4 Å². The van der Waals surface area contributed by atoms with E-state index in [1.54, 1.807) is 0 Å². The van der Waals surface area contributed by atoms with Crippen LogP contribution in [-0.2, 0) is 43.1 Å². The van der Waals surface area contributed by atoms with Crippen LogP contribution in [0.2, 0.25) is 0 Å². The predicted molar refractivity (Wildman–Crippen MR) is 123 cm³/mol. The first-order valence-electron chi connectivity index (χ1n) is 10.9. The van der Waals surface area contributed by atoms with Crippen molar-refractivity contribution in [1.29, 1.82) is 0 Å². The number of hydrogen-bond acceptors (Lipinski definition) is 10. The first-order chi connectivity index (χ1) is 17.2. The number of esters is 1. The van der Waals surface area contributed by atoms with Crippen molar-refractivity contribution in [2.24, 2.45) is 11.8 Å². The van der Waals surface area contributed by atoms with Crippen LogP contribution in [0.4, 0.5) is 0 Å². The number of hydroxylamine groups is 2. The molecule has 2 N–H and O–H groups in total. The van der Waals surface area contributed by atoms with Gasteiger partial charge in [0.1, 0.15) is 18.6 Å². The lowest BCUT2D eigenvalue weighted by molar-refractivity contribution is -0.182. The fourth-order valence-electron chi connectivity index (χ4n) is 3.57. The van der Waals surface area contributed by atoms with Crippen LogP contribution in [0.25, 0.3) is 0 Å². The van der Waals surface area contributed by atoms with E-state index < -0.39 is 60.2 Å². The first kappa shape index (κ1) is 30.4. The molecule has 1 aliphatic rings. The molecule has 0 spiro atoms. The molecular weight excluding hydrogens is 478 g/mol. The van der Waals surface area contributed by atoms with Gasteiger partial charge in [-0.1, -0.05) is 24.8 Å². The van der Waals surface area contributed by atoms with Crippen LogP contribution in [0.15, 0.2) is 38.0 Å². The number of ether oxygens (including phenoxy) is 2. The molecule has 1 rings (SSSR count). The smallest absolute Gasteiger partial charge is 0.397 e. The van der Waals surface area contributed by atoms with Crippen molar-refractivity contribution in [3.8, 4) is 0 Å². The van der Waals surface area contributed by atoms with Crippen LogP contribution in [0.5, 0.6) is 0 Å². The van der Waals surface area contributed by atoms with Crippen LogP contribution in [0.3, 0.4) is 0 Å². The molecule has 36 heavy (non-hydrogen) atoms. The quantitative estimate of drug-likeness (QED) is 0.0439. The summed E-state index contributed by atoms with van der Waals surface area (Å²) in [6, 6.07) is -1.19. The van der Waals surface area contributed by atoms with Gasteiger partial charge in [0, 0.05) is 6.42 Å². The fraction of sp³-hybridized carbons (Fsp3) is 0.478. The van der Waals surface area contributed by atoms with Gasteiger partial charge in [-0.25, -0.2) is 9.86 Å². The standard InChI is InChI=1S/C23H31N3O10/c1-5-8-34-20(24-13-27)16(12-25(14-28)36-10-7-3)18(30)11-17-19(15(4)29)21(31)26(17)22(32)23(33)35-9-6-2/h5-7,13-17,19-20,29H,1-3,8-12H2,4H3,(H,24,27)/t15-,16?,17-,19-,20?/m1/s1. The highest BCUT2D eigenvalue weighted by atomic mass is 16.7. The Morgan fingerprint density at radius 3 is 2.31 bits per heavy atom. The molecule has 0 aromatic carbocycles. The van der Waals surface area contributed by atoms with Crippen LogP contribution in [-0.4, -0.2) is 96.2 Å². The second kappa shape index (κ2) is 15.3. The van der Waals surface area contributed by atoms with Crippen LogP contribution in [0, 0.1) is 11.8 Å². The number of hydrogen-bond donors (Lipinski definition) is 2. The zero-order valence-electron chi connectivity index (χ0n) is 19.9. The first-order valence-corrected chi connectivity index (χ1v) is 10.9. The number of nitrogens with one attached hydrogen (secondary N) is 1. The maximum atomic E-state index is 13.4. The minimum Gasteiger partial charge on any atom is -0.454 e. The van der Waals surface area contributed by atoms with Gasteiger partial charge in [-0.3, -0.25) is 33.7 Å². The van der Waals surface area contributed by atoms with E-state index in [2.05, 4.69) is 29.8 Å². The third-order valence-electron chi connectivity index (χ3n) is 5.18. The van der Waals surface area contributed by atoms with Crippen LogP contribution in [0.1, 0.15) is 13.3 Å². The second-order valence-corrected chi connectivity index (χ2v) is 7.63. The number of Topliss-reactive ketones (excluding diaryl/α,β-unsaturated/α-hetero) is 1. The Hall–Kier alpha value is -3.68. The zero-order chi connectivity index (χ0) is 27.3. The number of rotatable bonds is 18. The molecule has 2 unspecified atom stereocenters. The van der Waals surface area contributed by atoms with Crippen molar-refractivity contribution in [3.05, 3.63) is 38.0 Å². The summed E-state index contributed by atoms with van der Waals surface area (Å²) < 4.78 is 10.1. The number of amides is 4. The van der Waals surface area contributed by atoms with Crippen LogP contribution < -0.4 is 5.32 Å². The van der Waals surface area contributed by atoms with Gasteiger partial charge in [0.15, 0.2) is 0 Å². The van der Waals surface area contributed by atoms with Gasteiger partial charge in [0.05, 0.1) is 43.7 Å².